The van der Waals surface area contributed by atoms with E-state index in [2.05, 4.69) is 10.3 Å². The van der Waals surface area contributed by atoms with Gasteiger partial charge in [-0.15, -0.1) is 0 Å². The molecule has 1 heterocycles. The number of hydrogen-bond acceptors (Lipinski definition) is 3. The summed E-state index contributed by atoms with van der Waals surface area (Å²) in [7, 11) is 0. The van der Waals surface area contributed by atoms with E-state index in [0.717, 1.165) is 11.1 Å². The third kappa shape index (κ3) is 4.45. The van der Waals surface area contributed by atoms with Crippen molar-refractivity contribution >= 4 is 5.91 Å². The SMILES string of the molecule is C[C@@H](NC(=O)c1ccccc1OCc1ccc(F)cc1)c1ccncc1. The van der Waals surface area contributed by atoms with Gasteiger partial charge in [0.1, 0.15) is 18.2 Å². The topological polar surface area (TPSA) is 51.2 Å². The third-order valence-corrected chi connectivity index (χ3v) is 3.99. The normalized spacial score (nSPS) is 11.6. The van der Waals surface area contributed by atoms with Crippen LogP contribution in [-0.4, -0.2) is 10.9 Å². The molecule has 0 aliphatic rings. The zero-order chi connectivity index (χ0) is 18.4. The Balaban J connectivity index is 1.69. The molecule has 0 bridgehead atoms. The molecule has 3 aromatic rings. The maximum Gasteiger partial charge on any atom is 0.255 e. The molecule has 1 N–H and O–H groups in total. The van der Waals surface area contributed by atoms with E-state index < -0.39 is 0 Å². The number of benzene rings is 2. The molecular formula is C21H19FN2O2. The minimum atomic E-state index is -0.293. The number of aromatic nitrogens is 1. The lowest BCUT2D eigenvalue weighted by Gasteiger charge is -2.16. The zero-order valence-electron chi connectivity index (χ0n) is 14.4. The van der Waals surface area contributed by atoms with Crippen molar-refractivity contribution in [2.45, 2.75) is 19.6 Å². The first-order valence-corrected chi connectivity index (χ1v) is 8.30. The predicted molar refractivity (Wildman–Crippen MR) is 97.3 cm³/mol. The summed E-state index contributed by atoms with van der Waals surface area (Å²) in [5.41, 5.74) is 2.25. The Kier molecular flexibility index (Phi) is 5.59. The Morgan fingerprint density at radius 2 is 1.77 bits per heavy atom. The Hall–Kier alpha value is -3.21. The van der Waals surface area contributed by atoms with Crippen molar-refractivity contribution in [2.75, 3.05) is 0 Å². The van der Waals surface area contributed by atoms with Crippen LogP contribution in [0.5, 0.6) is 5.75 Å². The highest BCUT2D eigenvalue weighted by atomic mass is 19.1. The van der Waals surface area contributed by atoms with Crippen molar-refractivity contribution in [3.63, 3.8) is 0 Å². The summed E-state index contributed by atoms with van der Waals surface area (Å²) in [5.74, 6) is -0.0288. The number of para-hydroxylation sites is 1. The second-order valence-corrected chi connectivity index (χ2v) is 5.89. The van der Waals surface area contributed by atoms with Crippen LogP contribution in [0.15, 0.2) is 73.1 Å². The zero-order valence-corrected chi connectivity index (χ0v) is 14.4. The van der Waals surface area contributed by atoms with Crippen LogP contribution in [0.3, 0.4) is 0 Å². The van der Waals surface area contributed by atoms with Crippen LogP contribution < -0.4 is 10.1 Å². The number of ether oxygens (including phenoxy) is 1. The van der Waals surface area contributed by atoms with Gasteiger partial charge in [-0.2, -0.15) is 0 Å². The van der Waals surface area contributed by atoms with Crippen LogP contribution in [0.1, 0.15) is 34.5 Å². The number of hydrogen-bond donors (Lipinski definition) is 1. The van der Waals surface area contributed by atoms with Gasteiger partial charge in [0.15, 0.2) is 0 Å². The van der Waals surface area contributed by atoms with Gasteiger partial charge in [-0.3, -0.25) is 9.78 Å². The second kappa shape index (κ2) is 8.25. The molecule has 0 saturated heterocycles. The van der Waals surface area contributed by atoms with Gasteiger partial charge >= 0.3 is 0 Å². The number of pyridine rings is 1. The van der Waals surface area contributed by atoms with Gasteiger partial charge in [0, 0.05) is 12.4 Å². The maximum absolute atomic E-state index is 13.0. The molecule has 0 spiro atoms. The van der Waals surface area contributed by atoms with Crippen molar-refractivity contribution < 1.29 is 13.9 Å². The van der Waals surface area contributed by atoms with E-state index in [-0.39, 0.29) is 24.4 Å². The minimum Gasteiger partial charge on any atom is -0.488 e. The summed E-state index contributed by atoms with van der Waals surface area (Å²) in [5, 5.41) is 2.96. The van der Waals surface area contributed by atoms with Crippen LogP contribution >= 0.6 is 0 Å². The van der Waals surface area contributed by atoms with Crippen molar-refractivity contribution in [3.8, 4) is 5.75 Å². The number of carbonyl (C=O) groups excluding carboxylic acids is 1. The molecule has 0 aliphatic heterocycles. The summed E-state index contributed by atoms with van der Waals surface area (Å²) in [6.07, 6.45) is 3.38. The largest absolute Gasteiger partial charge is 0.488 e. The van der Waals surface area contributed by atoms with Crippen LogP contribution in [0, 0.1) is 5.82 Å². The van der Waals surface area contributed by atoms with E-state index in [1.807, 2.05) is 25.1 Å². The fourth-order valence-electron chi connectivity index (χ4n) is 2.53. The average Bonchev–Trinajstić information content (AvgIpc) is 2.68. The summed E-state index contributed by atoms with van der Waals surface area (Å²) in [6.45, 7) is 2.17. The van der Waals surface area contributed by atoms with Gasteiger partial charge < -0.3 is 10.1 Å². The third-order valence-electron chi connectivity index (χ3n) is 3.99. The maximum atomic E-state index is 13.0. The molecular weight excluding hydrogens is 331 g/mol. The standard InChI is InChI=1S/C21H19FN2O2/c1-15(17-10-12-23-13-11-17)24-21(25)19-4-2-3-5-20(19)26-14-16-6-8-18(22)9-7-16/h2-13,15H,14H2,1H3,(H,24,25)/t15-/m1/s1. The predicted octanol–water partition coefficient (Wildman–Crippen LogP) is 4.29. The molecule has 1 atom stereocenters. The van der Waals surface area contributed by atoms with E-state index in [1.54, 1.807) is 42.7 Å². The number of halogens is 1. The minimum absolute atomic E-state index is 0.157. The summed E-state index contributed by atoms with van der Waals surface area (Å²) in [6, 6.07) is 16.7. The molecule has 0 fully saturated rings. The lowest BCUT2D eigenvalue weighted by atomic mass is 10.1. The Morgan fingerprint density at radius 3 is 2.50 bits per heavy atom. The molecule has 0 radical (unpaired) electrons. The van der Waals surface area contributed by atoms with E-state index in [4.69, 9.17) is 4.74 Å². The first kappa shape index (κ1) is 17.6. The first-order chi connectivity index (χ1) is 12.6. The van der Waals surface area contributed by atoms with E-state index in [0.29, 0.717) is 11.3 Å². The lowest BCUT2D eigenvalue weighted by Crippen LogP contribution is -2.27. The van der Waals surface area contributed by atoms with Gasteiger partial charge in [-0.25, -0.2) is 4.39 Å². The van der Waals surface area contributed by atoms with Gasteiger partial charge in [0.05, 0.1) is 11.6 Å². The van der Waals surface area contributed by atoms with Crippen molar-refractivity contribution in [1.29, 1.82) is 0 Å². The van der Waals surface area contributed by atoms with Crippen LogP contribution in [0.4, 0.5) is 4.39 Å². The quantitative estimate of drug-likeness (QED) is 0.721. The first-order valence-electron chi connectivity index (χ1n) is 8.30. The smallest absolute Gasteiger partial charge is 0.255 e. The Morgan fingerprint density at radius 1 is 1.08 bits per heavy atom. The van der Waals surface area contributed by atoms with Crippen LogP contribution in [0.25, 0.3) is 0 Å². The summed E-state index contributed by atoms with van der Waals surface area (Å²) >= 11 is 0. The van der Waals surface area contributed by atoms with Crippen molar-refractivity contribution in [1.82, 2.24) is 10.3 Å². The highest BCUT2D eigenvalue weighted by Crippen LogP contribution is 2.21. The molecule has 5 heteroatoms. The molecule has 4 nitrogen and oxygen atoms in total. The van der Waals surface area contributed by atoms with Crippen molar-refractivity contribution in [2.24, 2.45) is 0 Å². The van der Waals surface area contributed by atoms with Gasteiger partial charge in [0.2, 0.25) is 0 Å². The molecule has 26 heavy (non-hydrogen) atoms. The molecule has 132 valence electrons. The molecule has 3 rings (SSSR count). The number of nitrogens with zero attached hydrogens (tertiary/aromatic N) is 1. The fraction of sp³-hybridized carbons (Fsp3) is 0.143. The van der Waals surface area contributed by atoms with E-state index >= 15 is 0 Å². The number of rotatable bonds is 6. The van der Waals surface area contributed by atoms with E-state index in [1.165, 1.54) is 12.1 Å². The molecule has 0 saturated carbocycles. The van der Waals surface area contributed by atoms with Crippen LogP contribution in [-0.2, 0) is 6.61 Å². The summed E-state index contributed by atoms with van der Waals surface area (Å²) < 4.78 is 18.8. The number of amides is 1. The average molecular weight is 350 g/mol. The highest BCUT2D eigenvalue weighted by molar-refractivity contribution is 5.97. The lowest BCUT2D eigenvalue weighted by molar-refractivity contribution is 0.0935. The Bertz CT molecular complexity index is 867. The molecule has 0 aliphatic carbocycles. The second-order valence-electron chi connectivity index (χ2n) is 5.89. The fourth-order valence-corrected chi connectivity index (χ4v) is 2.53. The number of carbonyl (C=O) groups is 1. The monoisotopic (exact) mass is 350 g/mol. The Labute approximate surface area is 151 Å². The number of nitrogens with one attached hydrogen (secondary N) is 1. The van der Waals surface area contributed by atoms with Gasteiger partial charge in [-0.1, -0.05) is 24.3 Å². The van der Waals surface area contributed by atoms with Crippen molar-refractivity contribution in [3.05, 3.63) is 95.6 Å². The van der Waals surface area contributed by atoms with Gasteiger partial charge in [-0.05, 0) is 54.4 Å². The van der Waals surface area contributed by atoms with E-state index in [9.17, 15) is 9.18 Å². The van der Waals surface area contributed by atoms with Gasteiger partial charge in [0.25, 0.3) is 5.91 Å². The molecule has 1 aromatic heterocycles. The molecule has 0 unspecified atom stereocenters. The molecule has 1 amide bonds. The van der Waals surface area contributed by atoms with Crippen LogP contribution in [0.2, 0.25) is 0 Å². The molecule has 2 aromatic carbocycles. The highest BCUT2D eigenvalue weighted by Gasteiger charge is 2.15. The summed E-state index contributed by atoms with van der Waals surface area (Å²) in [4.78, 5) is 16.6.